The largest absolute Gasteiger partial charge is 0.466 e. The Bertz CT molecular complexity index is 341. The number of rotatable bonds is 6. The van der Waals surface area contributed by atoms with Crippen LogP contribution in [-0.2, 0) is 16.0 Å². The Morgan fingerprint density at radius 1 is 1.25 bits per heavy atom. The van der Waals surface area contributed by atoms with Crippen LogP contribution < -0.4 is 0 Å². The van der Waals surface area contributed by atoms with Crippen LogP contribution in [0.3, 0.4) is 0 Å². The summed E-state index contributed by atoms with van der Waals surface area (Å²) in [7, 11) is 1.39. The third-order valence-electron chi connectivity index (χ3n) is 2.51. The Morgan fingerprint density at radius 3 is 2.56 bits per heavy atom. The molecule has 2 nitrogen and oxygen atoms in total. The predicted molar refractivity (Wildman–Crippen MR) is 65.2 cm³/mol. The Hall–Kier alpha value is -1.57. The molecule has 2 heteroatoms. The fraction of sp³-hybridized carbons (Fsp3) is 0.357. The molecule has 0 aromatic heterocycles. The minimum Gasteiger partial charge on any atom is -0.466 e. The SMILES string of the molecule is C=C(CCCCc1ccccc1)C(=O)OC. The molecular weight excluding hydrogens is 200 g/mol. The molecule has 16 heavy (non-hydrogen) atoms. The number of aryl methyl sites for hydroxylation is 1. The molecule has 0 fully saturated rings. The minimum atomic E-state index is -0.292. The molecule has 1 rings (SSSR count). The second-order valence-corrected chi connectivity index (χ2v) is 3.79. The standard InChI is InChI=1S/C14H18O2/c1-12(14(15)16-2)8-6-7-11-13-9-4-3-5-10-13/h3-5,9-10H,1,6-8,11H2,2H3. The van der Waals surface area contributed by atoms with Crippen molar-refractivity contribution in [2.45, 2.75) is 25.7 Å². The van der Waals surface area contributed by atoms with Crippen molar-refractivity contribution in [1.82, 2.24) is 0 Å². The summed E-state index contributed by atoms with van der Waals surface area (Å²) in [6.07, 6.45) is 3.82. The van der Waals surface area contributed by atoms with E-state index < -0.39 is 0 Å². The van der Waals surface area contributed by atoms with Gasteiger partial charge < -0.3 is 4.74 Å². The fourth-order valence-corrected chi connectivity index (χ4v) is 1.56. The van der Waals surface area contributed by atoms with E-state index >= 15 is 0 Å². The Kier molecular flexibility index (Phi) is 5.34. The molecule has 0 unspecified atom stereocenters. The van der Waals surface area contributed by atoms with Crippen LogP contribution in [0.15, 0.2) is 42.5 Å². The van der Waals surface area contributed by atoms with Crippen LogP contribution in [0.25, 0.3) is 0 Å². The number of carbonyl (C=O) groups excluding carboxylic acids is 1. The smallest absolute Gasteiger partial charge is 0.333 e. The van der Waals surface area contributed by atoms with Gasteiger partial charge in [0.1, 0.15) is 0 Å². The summed E-state index contributed by atoms with van der Waals surface area (Å²) in [6, 6.07) is 10.3. The maximum absolute atomic E-state index is 11.1. The lowest BCUT2D eigenvalue weighted by Gasteiger charge is -2.03. The van der Waals surface area contributed by atoms with E-state index in [1.54, 1.807) is 0 Å². The van der Waals surface area contributed by atoms with Gasteiger partial charge in [0, 0.05) is 5.57 Å². The van der Waals surface area contributed by atoms with Crippen LogP contribution in [0.2, 0.25) is 0 Å². The third kappa shape index (κ3) is 4.30. The molecule has 0 bridgehead atoms. The van der Waals surface area contributed by atoms with Gasteiger partial charge in [0.15, 0.2) is 0 Å². The Balaban J connectivity index is 2.17. The second-order valence-electron chi connectivity index (χ2n) is 3.79. The van der Waals surface area contributed by atoms with Gasteiger partial charge in [-0.05, 0) is 31.2 Å². The monoisotopic (exact) mass is 218 g/mol. The molecule has 0 atom stereocenters. The van der Waals surface area contributed by atoms with Crippen LogP contribution in [-0.4, -0.2) is 13.1 Å². The summed E-state index contributed by atoms with van der Waals surface area (Å²) in [4.78, 5) is 11.1. The number of ether oxygens (including phenoxy) is 1. The van der Waals surface area contributed by atoms with E-state index in [4.69, 9.17) is 0 Å². The van der Waals surface area contributed by atoms with E-state index in [1.807, 2.05) is 18.2 Å². The van der Waals surface area contributed by atoms with E-state index in [0.29, 0.717) is 5.57 Å². The highest BCUT2D eigenvalue weighted by Gasteiger charge is 2.05. The summed E-state index contributed by atoms with van der Waals surface area (Å²) in [5.41, 5.74) is 1.90. The molecule has 0 aliphatic carbocycles. The van der Waals surface area contributed by atoms with E-state index in [9.17, 15) is 4.79 Å². The third-order valence-corrected chi connectivity index (χ3v) is 2.51. The fourth-order valence-electron chi connectivity index (χ4n) is 1.56. The molecule has 0 saturated carbocycles. The highest BCUT2D eigenvalue weighted by atomic mass is 16.5. The average molecular weight is 218 g/mol. The van der Waals surface area contributed by atoms with E-state index in [1.165, 1.54) is 12.7 Å². The number of unbranched alkanes of at least 4 members (excludes halogenated alkanes) is 1. The first-order valence-corrected chi connectivity index (χ1v) is 5.54. The van der Waals surface area contributed by atoms with E-state index in [-0.39, 0.29) is 5.97 Å². The van der Waals surface area contributed by atoms with Gasteiger partial charge in [-0.3, -0.25) is 0 Å². The lowest BCUT2D eigenvalue weighted by atomic mass is 10.0. The van der Waals surface area contributed by atoms with Crippen molar-refractivity contribution in [3.63, 3.8) is 0 Å². The van der Waals surface area contributed by atoms with Gasteiger partial charge in [-0.1, -0.05) is 36.9 Å². The van der Waals surface area contributed by atoms with Crippen molar-refractivity contribution in [1.29, 1.82) is 0 Å². The lowest BCUT2D eigenvalue weighted by Crippen LogP contribution is -2.03. The minimum absolute atomic E-state index is 0.292. The molecule has 0 aliphatic heterocycles. The summed E-state index contributed by atoms with van der Waals surface area (Å²) < 4.78 is 4.59. The zero-order valence-electron chi connectivity index (χ0n) is 9.74. The maximum atomic E-state index is 11.1. The number of hydrogen-bond acceptors (Lipinski definition) is 2. The average Bonchev–Trinajstić information content (AvgIpc) is 2.34. The number of hydrogen-bond donors (Lipinski definition) is 0. The first kappa shape index (κ1) is 12.5. The Labute approximate surface area is 96.9 Å². The van der Waals surface area contributed by atoms with Gasteiger partial charge in [-0.2, -0.15) is 0 Å². The number of carbonyl (C=O) groups is 1. The molecule has 0 N–H and O–H groups in total. The van der Waals surface area contributed by atoms with Crippen molar-refractivity contribution in [2.75, 3.05) is 7.11 Å². The van der Waals surface area contributed by atoms with Crippen LogP contribution in [0.5, 0.6) is 0 Å². The van der Waals surface area contributed by atoms with Crippen molar-refractivity contribution in [3.8, 4) is 0 Å². The first-order chi connectivity index (χ1) is 7.74. The normalized spacial score (nSPS) is 9.81. The van der Waals surface area contributed by atoms with Gasteiger partial charge in [-0.25, -0.2) is 4.79 Å². The first-order valence-electron chi connectivity index (χ1n) is 5.54. The molecule has 1 aromatic carbocycles. The van der Waals surface area contributed by atoms with Crippen molar-refractivity contribution < 1.29 is 9.53 Å². The van der Waals surface area contributed by atoms with Gasteiger partial charge in [-0.15, -0.1) is 0 Å². The molecule has 0 spiro atoms. The topological polar surface area (TPSA) is 26.3 Å². The second kappa shape index (κ2) is 6.83. The van der Waals surface area contributed by atoms with Gasteiger partial charge in [0.25, 0.3) is 0 Å². The van der Waals surface area contributed by atoms with Crippen molar-refractivity contribution in [3.05, 3.63) is 48.0 Å². The van der Waals surface area contributed by atoms with Crippen molar-refractivity contribution in [2.24, 2.45) is 0 Å². The van der Waals surface area contributed by atoms with Crippen molar-refractivity contribution >= 4 is 5.97 Å². The molecule has 0 aliphatic rings. The zero-order chi connectivity index (χ0) is 11.8. The predicted octanol–water partition coefficient (Wildman–Crippen LogP) is 3.13. The van der Waals surface area contributed by atoms with Gasteiger partial charge in [0.2, 0.25) is 0 Å². The number of esters is 1. The zero-order valence-corrected chi connectivity index (χ0v) is 9.74. The quantitative estimate of drug-likeness (QED) is 0.416. The molecular formula is C14H18O2. The highest BCUT2D eigenvalue weighted by Crippen LogP contribution is 2.10. The summed E-state index contributed by atoms with van der Waals surface area (Å²) in [6.45, 7) is 3.70. The molecule has 0 saturated heterocycles. The molecule has 0 amide bonds. The Morgan fingerprint density at radius 2 is 1.94 bits per heavy atom. The molecule has 0 heterocycles. The molecule has 0 radical (unpaired) electrons. The van der Waals surface area contributed by atoms with Crippen LogP contribution >= 0.6 is 0 Å². The van der Waals surface area contributed by atoms with Crippen LogP contribution in [0, 0.1) is 0 Å². The van der Waals surface area contributed by atoms with E-state index in [2.05, 4.69) is 23.4 Å². The van der Waals surface area contributed by atoms with Gasteiger partial charge >= 0.3 is 5.97 Å². The van der Waals surface area contributed by atoms with Gasteiger partial charge in [0.05, 0.1) is 7.11 Å². The van der Waals surface area contributed by atoms with Crippen LogP contribution in [0.4, 0.5) is 0 Å². The highest BCUT2D eigenvalue weighted by molar-refractivity contribution is 5.87. The number of methoxy groups -OCH3 is 1. The lowest BCUT2D eigenvalue weighted by molar-refractivity contribution is -0.136. The summed E-state index contributed by atoms with van der Waals surface area (Å²) >= 11 is 0. The number of benzene rings is 1. The summed E-state index contributed by atoms with van der Waals surface area (Å²) in [5.74, 6) is -0.292. The van der Waals surface area contributed by atoms with Crippen LogP contribution in [0.1, 0.15) is 24.8 Å². The molecule has 86 valence electrons. The molecule has 1 aromatic rings. The maximum Gasteiger partial charge on any atom is 0.333 e. The van der Waals surface area contributed by atoms with E-state index in [0.717, 1.165) is 25.7 Å². The summed E-state index contributed by atoms with van der Waals surface area (Å²) in [5, 5.41) is 0.